The van der Waals surface area contributed by atoms with Gasteiger partial charge in [-0.1, -0.05) is 0 Å². The van der Waals surface area contributed by atoms with Gasteiger partial charge in [0.05, 0.1) is 0 Å². The fourth-order valence-electron chi connectivity index (χ4n) is 0.140. The highest BCUT2D eigenvalue weighted by atomic mass is 19.4. The summed E-state index contributed by atoms with van der Waals surface area (Å²) in [6.07, 6.45) is -5.01. The summed E-state index contributed by atoms with van der Waals surface area (Å²) in [4.78, 5) is 9.56. The van der Waals surface area contributed by atoms with E-state index in [1.54, 1.807) is 0 Å². The van der Waals surface area contributed by atoms with Crippen LogP contribution in [-0.2, 0) is 9.45 Å². The summed E-state index contributed by atoms with van der Waals surface area (Å²) < 4.78 is 36.3. The van der Waals surface area contributed by atoms with Crippen molar-refractivity contribution in [3.05, 3.63) is 0 Å². The smallest absolute Gasteiger partial charge is 0.506 e. The summed E-state index contributed by atoms with van der Waals surface area (Å²) in [5, 5.41) is 7.66. The van der Waals surface area contributed by atoms with Gasteiger partial charge in [-0.3, -0.25) is 0 Å². The molecule has 7 heteroatoms. The Morgan fingerprint density at radius 2 is 2.00 bits per heavy atom. The molecule has 3 nitrogen and oxygen atoms in total. The average Bonchev–Trinajstić information content (AvgIpc) is 1.64. The van der Waals surface area contributed by atoms with Gasteiger partial charge in [0.2, 0.25) is 0 Å². The number of hydrogen-bond donors (Lipinski definition) is 1. The molecule has 0 spiro atoms. The van der Waals surface area contributed by atoms with Gasteiger partial charge < -0.3 is 9.68 Å². The number of carbonyl (C=O) groups excluding carboxylic acids is 1. The molecule has 52 valence electrons. The lowest BCUT2D eigenvalue weighted by Crippen LogP contribution is -2.26. The second-order valence-corrected chi connectivity index (χ2v) is 1.06. The van der Waals surface area contributed by atoms with Gasteiger partial charge in [-0.15, -0.1) is 0 Å². The third kappa shape index (κ3) is 2.96. The first-order chi connectivity index (χ1) is 3.98. The van der Waals surface area contributed by atoms with E-state index in [4.69, 9.17) is 5.02 Å². The van der Waals surface area contributed by atoms with Gasteiger partial charge in [-0.2, -0.15) is 13.2 Å². The van der Waals surface area contributed by atoms with E-state index in [0.29, 0.717) is 0 Å². The molecule has 0 aliphatic heterocycles. The predicted molar refractivity (Wildman–Crippen MR) is 21.5 cm³/mol. The van der Waals surface area contributed by atoms with Crippen LogP contribution in [0.5, 0.6) is 0 Å². The Kier molecular flexibility index (Phi) is 2.50. The van der Waals surface area contributed by atoms with Gasteiger partial charge in [-0.05, 0) is 0 Å². The molecule has 0 unspecified atom stereocenters. The molecule has 0 rings (SSSR count). The van der Waals surface area contributed by atoms with Gasteiger partial charge in [0, 0.05) is 0 Å². The van der Waals surface area contributed by atoms with Crippen molar-refractivity contribution in [2.24, 2.45) is 0 Å². The Balaban J connectivity index is 3.74. The summed E-state index contributed by atoms with van der Waals surface area (Å²) in [5.41, 5.74) is 0. The molecule has 0 radical (unpaired) electrons. The molecule has 0 heterocycles. The minimum atomic E-state index is -5.01. The van der Waals surface area contributed by atoms with Crippen molar-refractivity contribution in [3.63, 3.8) is 0 Å². The van der Waals surface area contributed by atoms with Crippen LogP contribution in [-0.4, -0.2) is 24.9 Å². The first-order valence-corrected chi connectivity index (χ1v) is 1.83. The lowest BCUT2D eigenvalue weighted by atomic mass is 10.4. The average molecular weight is 142 g/mol. The first kappa shape index (κ1) is 8.28. The molecule has 1 N–H and O–H groups in total. The number of alkyl halides is 3. The molecular weight excluding hydrogens is 140 g/mol. The molecule has 0 aromatic carbocycles. The van der Waals surface area contributed by atoms with E-state index < -0.39 is 19.8 Å². The Labute approximate surface area is 48.7 Å². The first-order valence-electron chi connectivity index (χ1n) is 1.83. The van der Waals surface area contributed by atoms with Gasteiger partial charge in [0.25, 0.3) is 0 Å². The molecule has 0 amide bonds. The predicted octanol–water partition coefficient (Wildman–Crippen LogP) is -0.649. The van der Waals surface area contributed by atoms with E-state index in [1.807, 2.05) is 0 Å². The zero-order valence-corrected chi connectivity index (χ0v) is 4.10. The molecule has 0 bridgehead atoms. The monoisotopic (exact) mass is 142 g/mol. The number of carbonyl (C=O) groups is 1. The lowest BCUT2D eigenvalue weighted by Gasteiger charge is -2.02. The van der Waals surface area contributed by atoms with Crippen LogP contribution >= 0.6 is 0 Å². The molecule has 0 saturated heterocycles. The lowest BCUT2D eigenvalue weighted by molar-refractivity contribution is -0.190. The SMILES string of the molecule is O=C(OBO)C(F)(F)F. The van der Waals surface area contributed by atoms with Crippen molar-refractivity contribution in [1.82, 2.24) is 0 Å². The molecule has 0 aromatic heterocycles. The highest BCUT2D eigenvalue weighted by Gasteiger charge is 2.40. The van der Waals surface area contributed by atoms with Crippen molar-refractivity contribution in [2.45, 2.75) is 6.18 Å². The number of rotatable bonds is 1. The minimum Gasteiger partial charge on any atom is -0.506 e. The summed E-state index contributed by atoms with van der Waals surface area (Å²) in [6, 6.07) is 0. The minimum absolute atomic E-state index is 1.25. The quantitative estimate of drug-likeness (QED) is 0.494. The standard InChI is InChI=1S/C2H2BF3O3/c4-2(5,6)1(7)9-3-8/h3,8H. The van der Waals surface area contributed by atoms with Gasteiger partial charge in [0.1, 0.15) is 0 Å². The second kappa shape index (κ2) is 2.72. The van der Waals surface area contributed by atoms with Crippen LogP contribution in [0.15, 0.2) is 0 Å². The van der Waals surface area contributed by atoms with Crippen molar-refractivity contribution in [1.29, 1.82) is 0 Å². The van der Waals surface area contributed by atoms with Crippen molar-refractivity contribution in [2.75, 3.05) is 0 Å². The normalized spacial score (nSPS) is 10.7. The highest BCUT2D eigenvalue weighted by molar-refractivity contribution is 6.20. The zero-order valence-electron chi connectivity index (χ0n) is 4.10. The molecule has 0 aromatic rings. The molecule has 0 aliphatic rings. The van der Waals surface area contributed by atoms with Gasteiger partial charge in [0.15, 0.2) is 0 Å². The maximum absolute atomic E-state index is 11.1. The van der Waals surface area contributed by atoms with Crippen LogP contribution in [0.1, 0.15) is 0 Å². The van der Waals surface area contributed by atoms with Gasteiger partial charge >= 0.3 is 19.8 Å². The maximum Gasteiger partial charge on any atom is 0.506 e. The molecule has 9 heavy (non-hydrogen) atoms. The topological polar surface area (TPSA) is 46.5 Å². The van der Waals surface area contributed by atoms with Crippen LogP contribution < -0.4 is 0 Å². The Bertz CT molecular complexity index is 110. The third-order valence-electron chi connectivity index (χ3n) is 0.427. The summed E-state index contributed by atoms with van der Waals surface area (Å²) in [5.74, 6) is -2.38. The summed E-state index contributed by atoms with van der Waals surface area (Å²) in [6.45, 7) is 0. The molecule has 0 aliphatic carbocycles. The maximum atomic E-state index is 11.1. The second-order valence-electron chi connectivity index (χ2n) is 1.06. The van der Waals surface area contributed by atoms with Crippen molar-refractivity contribution >= 4 is 13.7 Å². The van der Waals surface area contributed by atoms with Gasteiger partial charge in [-0.25, -0.2) is 4.79 Å². The van der Waals surface area contributed by atoms with Crippen LogP contribution in [0.25, 0.3) is 0 Å². The third-order valence-corrected chi connectivity index (χ3v) is 0.427. The highest BCUT2D eigenvalue weighted by Crippen LogP contribution is 2.15. The van der Waals surface area contributed by atoms with E-state index in [-0.39, 0.29) is 0 Å². The largest absolute Gasteiger partial charge is 0.506 e. The van der Waals surface area contributed by atoms with Crippen LogP contribution in [0.2, 0.25) is 0 Å². The Hall–Kier alpha value is -0.715. The number of hydrogen-bond acceptors (Lipinski definition) is 3. The molecular formula is C2H2BF3O3. The van der Waals surface area contributed by atoms with E-state index >= 15 is 0 Å². The summed E-state index contributed by atoms with van der Waals surface area (Å²) in [7, 11) is -1.25. The van der Waals surface area contributed by atoms with E-state index in [1.165, 1.54) is 0 Å². The fourth-order valence-corrected chi connectivity index (χ4v) is 0.140. The molecule has 0 saturated carbocycles. The number of halogens is 3. The van der Waals surface area contributed by atoms with E-state index in [0.717, 1.165) is 0 Å². The van der Waals surface area contributed by atoms with Crippen molar-refractivity contribution in [3.8, 4) is 0 Å². The molecule has 0 fully saturated rings. The molecule has 0 atom stereocenters. The van der Waals surface area contributed by atoms with E-state index in [2.05, 4.69) is 4.65 Å². The van der Waals surface area contributed by atoms with Crippen LogP contribution in [0.4, 0.5) is 13.2 Å². The van der Waals surface area contributed by atoms with E-state index in [9.17, 15) is 18.0 Å². The Morgan fingerprint density at radius 1 is 1.56 bits per heavy atom. The fraction of sp³-hybridized carbons (Fsp3) is 0.500. The van der Waals surface area contributed by atoms with Crippen molar-refractivity contribution < 1.29 is 27.6 Å². The van der Waals surface area contributed by atoms with Crippen LogP contribution in [0.3, 0.4) is 0 Å². The summed E-state index contributed by atoms with van der Waals surface area (Å²) >= 11 is 0. The zero-order chi connectivity index (χ0) is 7.49. The Morgan fingerprint density at radius 3 is 2.11 bits per heavy atom. The van der Waals surface area contributed by atoms with Crippen LogP contribution in [0, 0.1) is 0 Å².